The van der Waals surface area contributed by atoms with Gasteiger partial charge in [0.05, 0.1) is 11.0 Å². The molecular weight excluding hydrogens is 266 g/mol. The second-order valence-corrected chi connectivity index (χ2v) is 4.82. The lowest BCUT2D eigenvalue weighted by Gasteiger charge is -2.28. The average Bonchev–Trinajstić information content (AvgIpc) is 2.35. The Hall–Kier alpha value is -2.57. The van der Waals surface area contributed by atoms with Crippen molar-refractivity contribution in [3.05, 3.63) is 29.8 Å². The first-order chi connectivity index (χ1) is 9.16. The number of benzene rings is 1. The molecule has 20 heavy (non-hydrogen) atoms. The summed E-state index contributed by atoms with van der Waals surface area (Å²) in [5.74, 6) is -3.66. The molecule has 4 N–H and O–H groups in total. The van der Waals surface area contributed by atoms with Gasteiger partial charge in [0.15, 0.2) is 0 Å². The van der Waals surface area contributed by atoms with Gasteiger partial charge in [-0.3, -0.25) is 4.79 Å². The van der Waals surface area contributed by atoms with E-state index in [0.29, 0.717) is 5.69 Å². The Kier molecular flexibility index (Phi) is 4.34. The Labute approximate surface area is 114 Å². The SMILES string of the molecule is CC(C)(C(=O)O)[C@H](Nc1ccc(C(=O)O)cc1)C(=O)O. The first kappa shape index (κ1) is 15.5. The van der Waals surface area contributed by atoms with E-state index in [2.05, 4.69) is 5.32 Å². The third-order valence-electron chi connectivity index (χ3n) is 2.96. The van der Waals surface area contributed by atoms with Crippen LogP contribution < -0.4 is 5.32 Å². The van der Waals surface area contributed by atoms with Gasteiger partial charge >= 0.3 is 17.9 Å². The van der Waals surface area contributed by atoms with Crippen molar-refractivity contribution in [2.45, 2.75) is 19.9 Å². The molecule has 0 aliphatic rings. The predicted octanol–water partition coefficient (Wildman–Crippen LogP) is 1.36. The van der Waals surface area contributed by atoms with E-state index in [9.17, 15) is 14.4 Å². The molecule has 7 heteroatoms. The number of carbonyl (C=O) groups is 3. The van der Waals surface area contributed by atoms with E-state index >= 15 is 0 Å². The highest BCUT2D eigenvalue weighted by Crippen LogP contribution is 2.25. The molecule has 0 saturated heterocycles. The summed E-state index contributed by atoms with van der Waals surface area (Å²) in [7, 11) is 0. The average molecular weight is 281 g/mol. The minimum atomic E-state index is -1.53. The minimum Gasteiger partial charge on any atom is -0.481 e. The summed E-state index contributed by atoms with van der Waals surface area (Å²) in [6.07, 6.45) is 0. The molecule has 7 nitrogen and oxygen atoms in total. The standard InChI is InChI=1S/C13H15NO6/c1-13(2,12(19)20)9(11(17)18)14-8-5-3-7(4-6-8)10(15)16/h3-6,9,14H,1-2H3,(H,15,16)(H,17,18)(H,19,20)/t9-/m1/s1. The van der Waals surface area contributed by atoms with Crippen LogP contribution in [0.1, 0.15) is 24.2 Å². The van der Waals surface area contributed by atoms with Gasteiger partial charge in [0.25, 0.3) is 0 Å². The molecule has 0 amide bonds. The van der Waals surface area contributed by atoms with Crippen molar-refractivity contribution in [2.24, 2.45) is 5.41 Å². The lowest BCUT2D eigenvalue weighted by atomic mass is 9.84. The fourth-order valence-electron chi connectivity index (χ4n) is 1.55. The molecule has 1 atom stereocenters. The summed E-state index contributed by atoms with van der Waals surface area (Å²) >= 11 is 0. The van der Waals surface area contributed by atoms with Gasteiger partial charge in [0.1, 0.15) is 6.04 Å². The van der Waals surface area contributed by atoms with Crippen molar-refractivity contribution in [1.29, 1.82) is 0 Å². The zero-order valence-electron chi connectivity index (χ0n) is 11.0. The van der Waals surface area contributed by atoms with Crippen LogP contribution in [0.5, 0.6) is 0 Å². The first-order valence-electron chi connectivity index (χ1n) is 5.72. The Balaban J connectivity index is 3.00. The molecule has 0 saturated carbocycles. The lowest BCUT2D eigenvalue weighted by Crippen LogP contribution is -2.47. The van der Waals surface area contributed by atoms with Crippen LogP contribution in [0.25, 0.3) is 0 Å². The quantitative estimate of drug-likeness (QED) is 0.620. The summed E-state index contributed by atoms with van der Waals surface area (Å²) < 4.78 is 0. The van der Waals surface area contributed by atoms with Crippen LogP contribution in [0.2, 0.25) is 0 Å². The van der Waals surface area contributed by atoms with E-state index in [0.717, 1.165) is 0 Å². The van der Waals surface area contributed by atoms with E-state index in [4.69, 9.17) is 15.3 Å². The minimum absolute atomic E-state index is 0.0555. The Morgan fingerprint density at radius 2 is 1.55 bits per heavy atom. The second kappa shape index (κ2) is 5.60. The number of rotatable bonds is 6. The van der Waals surface area contributed by atoms with Crippen molar-refractivity contribution in [2.75, 3.05) is 5.32 Å². The number of anilines is 1. The summed E-state index contributed by atoms with van der Waals surface area (Å²) in [5.41, 5.74) is -1.14. The maximum Gasteiger partial charge on any atom is 0.335 e. The van der Waals surface area contributed by atoms with Gasteiger partial charge in [-0.05, 0) is 38.1 Å². The zero-order chi connectivity index (χ0) is 15.5. The molecule has 0 fully saturated rings. The summed E-state index contributed by atoms with van der Waals surface area (Å²) in [5, 5.41) is 29.6. The summed E-state index contributed by atoms with van der Waals surface area (Å²) in [6, 6.07) is 4.03. The number of carboxylic acid groups (broad SMARTS) is 3. The van der Waals surface area contributed by atoms with Crippen LogP contribution in [0.4, 0.5) is 5.69 Å². The van der Waals surface area contributed by atoms with Crippen molar-refractivity contribution in [3.63, 3.8) is 0 Å². The molecule has 0 heterocycles. The summed E-state index contributed by atoms with van der Waals surface area (Å²) in [6.45, 7) is 2.60. The molecule has 0 unspecified atom stereocenters. The van der Waals surface area contributed by atoms with E-state index in [1.807, 2.05) is 0 Å². The Morgan fingerprint density at radius 3 is 1.90 bits per heavy atom. The zero-order valence-corrected chi connectivity index (χ0v) is 11.0. The van der Waals surface area contributed by atoms with Crippen LogP contribution in [0, 0.1) is 5.41 Å². The molecule has 1 aromatic rings. The van der Waals surface area contributed by atoms with Gasteiger partial charge in [-0.1, -0.05) is 0 Å². The van der Waals surface area contributed by atoms with Crippen molar-refractivity contribution >= 4 is 23.6 Å². The molecule has 0 aromatic heterocycles. The molecule has 0 radical (unpaired) electrons. The van der Waals surface area contributed by atoms with E-state index in [1.165, 1.54) is 38.1 Å². The van der Waals surface area contributed by atoms with Gasteiger partial charge in [-0.2, -0.15) is 0 Å². The number of nitrogens with one attached hydrogen (secondary N) is 1. The van der Waals surface area contributed by atoms with Crippen LogP contribution in [-0.2, 0) is 9.59 Å². The highest BCUT2D eigenvalue weighted by Gasteiger charge is 2.41. The van der Waals surface area contributed by atoms with E-state index < -0.39 is 29.4 Å². The first-order valence-corrected chi connectivity index (χ1v) is 5.72. The van der Waals surface area contributed by atoms with Gasteiger partial charge in [-0.25, -0.2) is 9.59 Å². The topological polar surface area (TPSA) is 124 Å². The summed E-state index contributed by atoms with van der Waals surface area (Å²) in [4.78, 5) is 33.0. The van der Waals surface area contributed by atoms with Crippen LogP contribution in [0.3, 0.4) is 0 Å². The Bertz CT molecular complexity index is 534. The number of hydrogen-bond donors (Lipinski definition) is 4. The second-order valence-electron chi connectivity index (χ2n) is 4.82. The fourth-order valence-corrected chi connectivity index (χ4v) is 1.55. The maximum absolute atomic E-state index is 11.2. The largest absolute Gasteiger partial charge is 0.481 e. The number of carboxylic acids is 3. The highest BCUT2D eigenvalue weighted by molar-refractivity contribution is 5.89. The lowest BCUT2D eigenvalue weighted by molar-refractivity contribution is -0.154. The molecule has 1 rings (SSSR count). The number of aliphatic carboxylic acids is 2. The highest BCUT2D eigenvalue weighted by atomic mass is 16.4. The monoisotopic (exact) mass is 281 g/mol. The molecule has 0 spiro atoms. The molecule has 0 aliphatic heterocycles. The fraction of sp³-hybridized carbons (Fsp3) is 0.308. The van der Waals surface area contributed by atoms with Gasteiger partial charge in [-0.15, -0.1) is 0 Å². The van der Waals surface area contributed by atoms with Crippen LogP contribution in [-0.4, -0.2) is 39.3 Å². The normalized spacial score (nSPS) is 12.5. The number of aromatic carboxylic acids is 1. The molecule has 108 valence electrons. The molecule has 0 aliphatic carbocycles. The number of hydrogen-bond acceptors (Lipinski definition) is 4. The molecular formula is C13H15NO6. The molecule has 1 aromatic carbocycles. The van der Waals surface area contributed by atoms with Gasteiger partial charge < -0.3 is 20.6 Å². The predicted molar refractivity (Wildman–Crippen MR) is 69.9 cm³/mol. The van der Waals surface area contributed by atoms with E-state index in [-0.39, 0.29) is 5.56 Å². The van der Waals surface area contributed by atoms with Crippen LogP contribution in [0.15, 0.2) is 24.3 Å². The smallest absolute Gasteiger partial charge is 0.335 e. The van der Waals surface area contributed by atoms with Crippen LogP contribution >= 0.6 is 0 Å². The van der Waals surface area contributed by atoms with Gasteiger partial charge in [0.2, 0.25) is 0 Å². The van der Waals surface area contributed by atoms with Crippen molar-refractivity contribution < 1.29 is 29.7 Å². The van der Waals surface area contributed by atoms with Crippen molar-refractivity contribution in [3.8, 4) is 0 Å². The third kappa shape index (κ3) is 3.25. The van der Waals surface area contributed by atoms with Crippen molar-refractivity contribution in [1.82, 2.24) is 0 Å². The van der Waals surface area contributed by atoms with E-state index in [1.54, 1.807) is 0 Å². The Morgan fingerprint density at radius 1 is 1.05 bits per heavy atom. The molecule has 0 bridgehead atoms. The van der Waals surface area contributed by atoms with Gasteiger partial charge in [0, 0.05) is 5.69 Å². The maximum atomic E-state index is 11.2. The third-order valence-corrected chi connectivity index (χ3v) is 2.96.